The molecule has 1 aromatic heterocycles. The van der Waals surface area contributed by atoms with Crippen LogP contribution in [0.5, 0.6) is 0 Å². The molecule has 0 spiro atoms. The van der Waals surface area contributed by atoms with Gasteiger partial charge in [0.15, 0.2) is 5.71 Å². The number of ether oxygens (including phenoxy) is 1. The van der Waals surface area contributed by atoms with Gasteiger partial charge >= 0.3 is 0 Å². The van der Waals surface area contributed by atoms with Gasteiger partial charge in [0.05, 0.1) is 35.0 Å². The van der Waals surface area contributed by atoms with Crippen molar-refractivity contribution in [1.82, 2.24) is 20.3 Å². The molecule has 2 amide bonds. The molecule has 1 atom stereocenters. The van der Waals surface area contributed by atoms with Crippen LogP contribution in [0.15, 0.2) is 126 Å². The number of hydrogen-bond donors (Lipinski definition) is 6. The molecular weight excluding hydrogens is 1120 g/mol. The molecule has 0 saturated heterocycles. The third-order valence-electron chi connectivity index (χ3n) is 16.2. The highest BCUT2D eigenvalue weighted by atomic mass is 32.2. The van der Waals surface area contributed by atoms with Crippen LogP contribution >= 0.6 is 0 Å². The molecular formula is C61H77N6O13S3+. The second-order valence-electron chi connectivity index (χ2n) is 22.5. The molecule has 3 aliphatic rings. The van der Waals surface area contributed by atoms with Gasteiger partial charge in [0.1, 0.15) is 6.54 Å². The standard InChI is InChI=1S/C61H76N6O13S3/c1-44-21-27-55-51(40-44)61(4,30-12-14-38-81(71,72)73)57(19-8-5-7-18-56-60(2,3)50-41-47(83(77,78)79)26-28-54(50)65(56)33-15-39-82(74,75)76)66(55)32-13-6-9-20-58(68)62-31-36-80-37-35-64-34-29-53-49(43-64)48-16-10-11-17-52(48)67(53)42-45-22-24-46(25-23-45)59(69)63-70/h5,7-8,10-11,16-19,21-28,40-41H,6,9,12-15,20,29-39,42-43H2,1-4H3,(H5-,62,63,68,69,70,71,72,73,74,75,76,77,78,79)/p+1. The monoisotopic (exact) mass is 1200 g/mol. The van der Waals surface area contributed by atoms with E-state index in [-0.39, 0.29) is 35.9 Å². The number of benzene rings is 4. The molecule has 4 aromatic carbocycles. The van der Waals surface area contributed by atoms with Crippen molar-refractivity contribution in [3.05, 3.63) is 160 Å². The van der Waals surface area contributed by atoms with Crippen LogP contribution in [0.25, 0.3) is 10.9 Å². The number of aromatic nitrogens is 1. The molecule has 22 heteroatoms. The third-order valence-corrected chi connectivity index (χ3v) is 18.7. The summed E-state index contributed by atoms with van der Waals surface area (Å²) in [7, 11) is -12.9. The zero-order valence-corrected chi connectivity index (χ0v) is 50.0. The minimum atomic E-state index is -4.51. The van der Waals surface area contributed by atoms with Crippen LogP contribution in [0.2, 0.25) is 0 Å². The van der Waals surface area contributed by atoms with E-state index in [1.807, 2.05) is 67.8 Å². The van der Waals surface area contributed by atoms with Gasteiger partial charge in [0, 0.05) is 115 Å². The fourth-order valence-corrected chi connectivity index (χ4v) is 13.5. The number of aryl methyl sites for hydroxylation is 1. The predicted octanol–water partition coefficient (Wildman–Crippen LogP) is 8.60. The third kappa shape index (κ3) is 15.5. The molecule has 0 aliphatic carbocycles. The van der Waals surface area contributed by atoms with Crippen LogP contribution in [0.1, 0.15) is 116 Å². The van der Waals surface area contributed by atoms with Crippen molar-refractivity contribution in [3.63, 3.8) is 0 Å². The van der Waals surface area contributed by atoms with E-state index < -0.39 is 52.8 Å². The molecule has 83 heavy (non-hydrogen) atoms. The van der Waals surface area contributed by atoms with Gasteiger partial charge in [-0.1, -0.05) is 79.1 Å². The SMILES string of the molecule is Cc1ccc2c(c1)C(C)(CCCCS(=O)(=O)O)C(=CC=CC=CC1=[N+](CCCS(=O)(=O)O)c3ccc(S(=O)(=O)O)cc3C1(C)C)N2CCCCCC(=O)NCCOCCN1CCc2c(c3ccccc3n2Cc2ccc(C(=O)NO)cc2)C1. The van der Waals surface area contributed by atoms with Crippen LogP contribution in [-0.4, -0.2) is 133 Å². The Labute approximate surface area is 487 Å². The Morgan fingerprint density at radius 1 is 0.783 bits per heavy atom. The van der Waals surface area contributed by atoms with Crippen LogP contribution in [-0.2, 0) is 70.2 Å². The van der Waals surface area contributed by atoms with Crippen molar-refractivity contribution in [1.29, 1.82) is 0 Å². The molecule has 0 bridgehead atoms. The van der Waals surface area contributed by atoms with E-state index in [1.54, 1.807) is 23.7 Å². The summed E-state index contributed by atoms with van der Waals surface area (Å²) in [5, 5.41) is 13.2. The van der Waals surface area contributed by atoms with E-state index in [4.69, 9.17) is 9.94 Å². The van der Waals surface area contributed by atoms with Gasteiger partial charge in [0.25, 0.3) is 36.3 Å². The van der Waals surface area contributed by atoms with Crippen molar-refractivity contribution < 1.29 is 63.0 Å². The first kappa shape index (κ1) is 62.7. The van der Waals surface area contributed by atoms with Crippen LogP contribution in [0, 0.1) is 6.92 Å². The number of carbonyl (C=O) groups excluding carboxylic acids is 2. The summed E-state index contributed by atoms with van der Waals surface area (Å²) < 4.78 is 110. The maximum atomic E-state index is 13.0. The Hall–Kier alpha value is -6.34. The van der Waals surface area contributed by atoms with Gasteiger partial charge in [-0.15, -0.1) is 0 Å². The number of unbranched alkanes of at least 4 members (excludes halogenated alkanes) is 3. The zero-order chi connectivity index (χ0) is 59.7. The molecule has 5 aromatic rings. The number of fused-ring (bicyclic) bond motifs is 5. The highest BCUT2D eigenvalue weighted by Gasteiger charge is 2.45. The van der Waals surface area contributed by atoms with Gasteiger partial charge < -0.3 is 19.5 Å². The van der Waals surface area contributed by atoms with Gasteiger partial charge in [-0.2, -0.15) is 29.8 Å². The van der Waals surface area contributed by atoms with E-state index in [1.165, 1.54) is 28.8 Å². The van der Waals surface area contributed by atoms with Crippen molar-refractivity contribution in [3.8, 4) is 0 Å². The number of para-hydroxylation sites is 1. The molecule has 19 nitrogen and oxygen atoms in total. The summed E-state index contributed by atoms with van der Waals surface area (Å²) in [4.78, 5) is 29.3. The summed E-state index contributed by atoms with van der Waals surface area (Å²) in [6.07, 6.45) is 14.6. The summed E-state index contributed by atoms with van der Waals surface area (Å²) in [6, 6.07) is 26.3. The van der Waals surface area contributed by atoms with Gasteiger partial charge in [0.2, 0.25) is 11.6 Å². The number of hydrogen-bond acceptors (Lipinski definition) is 12. The van der Waals surface area contributed by atoms with Crippen LogP contribution < -0.4 is 15.7 Å². The summed E-state index contributed by atoms with van der Waals surface area (Å²) >= 11 is 0. The van der Waals surface area contributed by atoms with E-state index in [0.29, 0.717) is 75.3 Å². The van der Waals surface area contributed by atoms with E-state index in [0.717, 1.165) is 78.2 Å². The fraction of sp³-hybridized carbons (Fsp3) is 0.426. The van der Waals surface area contributed by atoms with Gasteiger partial charge in [-0.25, -0.2) is 5.48 Å². The summed E-state index contributed by atoms with van der Waals surface area (Å²) in [6.45, 7) is 13.3. The number of nitrogens with zero attached hydrogens (tertiary/aromatic N) is 4. The summed E-state index contributed by atoms with van der Waals surface area (Å²) in [5.74, 6) is -1.39. The van der Waals surface area contributed by atoms with E-state index in [2.05, 4.69) is 69.1 Å². The first-order chi connectivity index (χ1) is 39.4. The molecule has 0 fully saturated rings. The maximum absolute atomic E-state index is 13.0. The Bertz CT molecular complexity index is 3680. The Balaban J connectivity index is 0.856. The summed E-state index contributed by atoms with van der Waals surface area (Å²) in [5.41, 5.74) is 11.8. The van der Waals surface area contributed by atoms with E-state index >= 15 is 0 Å². The number of anilines is 1. The highest BCUT2D eigenvalue weighted by Crippen LogP contribution is 2.51. The number of amides is 2. The Morgan fingerprint density at radius 3 is 2.27 bits per heavy atom. The van der Waals surface area contributed by atoms with Crippen LogP contribution in [0.4, 0.5) is 11.4 Å². The van der Waals surface area contributed by atoms with Crippen LogP contribution in [0.3, 0.4) is 0 Å². The fourth-order valence-electron chi connectivity index (χ4n) is 12.0. The lowest BCUT2D eigenvalue weighted by Crippen LogP contribution is -2.34. The lowest BCUT2D eigenvalue weighted by atomic mass is 9.77. The highest BCUT2D eigenvalue weighted by molar-refractivity contribution is 7.86. The number of allylic oxidation sites excluding steroid dienone is 6. The maximum Gasteiger partial charge on any atom is 0.294 e. The zero-order valence-electron chi connectivity index (χ0n) is 47.6. The number of carbonyl (C=O) groups is 2. The van der Waals surface area contributed by atoms with Gasteiger partial charge in [-0.05, 0) is 113 Å². The molecule has 1 unspecified atom stereocenters. The molecule has 4 heterocycles. The molecule has 446 valence electrons. The van der Waals surface area contributed by atoms with Crippen molar-refractivity contribution >= 4 is 70.2 Å². The van der Waals surface area contributed by atoms with Gasteiger partial charge in [-0.3, -0.25) is 33.4 Å². The first-order valence-corrected chi connectivity index (χ1v) is 32.8. The smallest absolute Gasteiger partial charge is 0.294 e. The Morgan fingerprint density at radius 2 is 1.53 bits per heavy atom. The second-order valence-corrected chi connectivity index (χ2v) is 27.0. The quantitative estimate of drug-likeness (QED) is 0.00684. The topological polar surface area (TPSA) is 265 Å². The average molecular weight is 1200 g/mol. The average Bonchev–Trinajstić information content (AvgIpc) is 4.20. The molecule has 0 radical (unpaired) electrons. The normalized spacial score (nSPS) is 17.7. The number of rotatable bonds is 28. The lowest BCUT2D eigenvalue weighted by molar-refractivity contribution is -0.437. The molecule has 8 rings (SSSR count). The predicted molar refractivity (Wildman–Crippen MR) is 321 cm³/mol. The van der Waals surface area contributed by atoms with Crippen molar-refractivity contribution in [2.45, 2.75) is 114 Å². The number of hydroxylamine groups is 1. The minimum Gasteiger partial charge on any atom is -0.378 e. The largest absolute Gasteiger partial charge is 0.378 e. The first-order valence-electron chi connectivity index (χ1n) is 28.2. The van der Waals surface area contributed by atoms with Crippen molar-refractivity contribution in [2.75, 3.05) is 62.3 Å². The number of nitrogens with one attached hydrogen (secondary N) is 2. The molecule has 0 saturated carbocycles. The second kappa shape index (κ2) is 26.7. The lowest BCUT2D eigenvalue weighted by Gasteiger charge is -2.30. The van der Waals surface area contributed by atoms with Crippen molar-refractivity contribution in [2.24, 2.45) is 0 Å². The molecule has 3 aliphatic heterocycles. The minimum absolute atomic E-state index is 0.0366. The van der Waals surface area contributed by atoms with E-state index in [9.17, 15) is 48.5 Å². The Kier molecular flexibility index (Phi) is 20.2. The molecule has 6 N–H and O–H groups in total.